The van der Waals surface area contributed by atoms with Gasteiger partial charge in [-0.15, -0.1) is 0 Å². The van der Waals surface area contributed by atoms with E-state index >= 15 is 0 Å². The summed E-state index contributed by atoms with van der Waals surface area (Å²) in [6.45, 7) is 11.0. The van der Waals surface area contributed by atoms with E-state index in [1.165, 1.54) is 13.0 Å². The van der Waals surface area contributed by atoms with Crippen LogP contribution in [0.2, 0.25) is 0 Å². The highest BCUT2D eigenvalue weighted by Gasteiger charge is 2.14. The molecule has 0 amide bonds. The summed E-state index contributed by atoms with van der Waals surface area (Å²) in [7, 11) is 0. The molecule has 2 heteroatoms. The fourth-order valence-corrected chi connectivity index (χ4v) is 1.76. The second-order valence-electron chi connectivity index (χ2n) is 4.39. The molecule has 1 atom stereocenters. The first-order chi connectivity index (χ1) is 6.13. The van der Waals surface area contributed by atoms with Crippen molar-refractivity contribution in [3.8, 4) is 0 Å². The molecule has 0 fully saturated rings. The van der Waals surface area contributed by atoms with E-state index < -0.39 is 0 Å². The van der Waals surface area contributed by atoms with Gasteiger partial charge in [0, 0.05) is 19.6 Å². The second-order valence-corrected chi connectivity index (χ2v) is 4.39. The molecule has 0 saturated carbocycles. The van der Waals surface area contributed by atoms with Gasteiger partial charge in [-0.2, -0.15) is 0 Å². The summed E-state index contributed by atoms with van der Waals surface area (Å²) in [5.74, 6) is 0.631. The lowest BCUT2D eigenvalue weighted by molar-refractivity contribution is 0.249. The molecule has 2 N–H and O–H groups in total. The Morgan fingerprint density at radius 2 is 2.08 bits per heavy atom. The summed E-state index contributed by atoms with van der Waals surface area (Å²) in [5, 5.41) is 0. The van der Waals surface area contributed by atoms with Crippen molar-refractivity contribution in [1.29, 1.82) is 0 Å². The molecule has 1 aliphatic rings. The van der Waals surface area contributed by atoms with Crippen molar-refractivity contribution in [2.75, 3.05) is 26.2 Å². The Labute approximate surface area is 81.8 Å². The molecule has 1 aliphatic heterocycles. The highest BCUT2D eigenvalue weighted by Crippen LogP contribution is 2.17. The van der Waals surface area contributed by atoms with Crippen LogP contribution in [0.1, 0.15) is 27.2 Å². The molecule has 2 nitrogen and oxygen atoms in total. The third-order valence-electron chi connectivity index (χ3n) is 2.96. The van der Waals surface area contributed by atoms with E-state index in [1.807, 2.05) is 0 Å². The first-order valence-electron chi connectivity index (χ1n) is 5.21. The molecular weight excluding hydrogens is 160 g/mol. The minimum absolute atomic E-state index is 0.631. The molecule has 0 aromatic heterocycles. The zero-order valence-electron chi connectivity index (χ0n) is 9.14. The van der Waals surface area contributed by atoms with Crippen molar-refractivity contribution in [2.45, 2.75) is 27.2 Å². The van der Waals surface area contributed by atoms with E-state index in [-0.39, 0.29) is 0 Å². The quantitative estimate of drug-likeness (QED) is 0.672. The fraction of sp³-hybridized carbons (Fsp3) is 0.818. The number of hydrogen-bond acceptors (Lipinski definition) is 2. The smallest absolute Gasteiger partial charge is 0.0192 e. The molecule has 76 valence electrons. The zero-order chi connectivity index (χ0) is 9.84. The van der Waals surface area contributed by atoms with Gasteiger partial charge in [-0.1, -0.05) is 18.1 Å². The van der Waals surface area contributed by atoms with E-state index in [0.29, 0.717) is 5.92 Å². The molecule has 1 unspecified atom stereocenters. The van der Waals surface area contributed by atoms with Gasteiger partial charge in [0.15, 0.2) is 0 Å². The molecule has 0 saturated heterocycles. The van der Waals surface area contributed by atoms with Crippen LogP contribution in [0.5, 0.6) is 0 Å². The van der Waals surface area contributed by atoms with Gasteiger partial charge in [-0.3, -0.25) is 4.90 Å². The molecule has 0 bridgehead atoms. The lowest BCUT2D eigenvalue weighted by atomic mass is 10.0. The Morgan fingerprint density at radius 3 is 2.62 bits per heavy atom. The molecule has 0 aromatic carbocycles. The first kappa shape index (κ1) is 10.7. The van der Waals surface area contributed by atoms with Crippen molar-refractivity contribution >= 4 is 0 Å². The first-order valence-corrected chi connectivity index (χ1v) is 5.21. The van der Waals surface area contributed by atoms with Gasteiger partial charge in [-0.05, 0) is 32.7 Å². The molecule has 1 rings (SSSR count). The maximum absolute atomic E-state index is 5.61. The van der Waals surface area contributed by atoms with E-state index in [1.54, 1.807) is 11.1 Å². The summed E-state index contributed by atoms with van der Waals surface area (Å²) in [6.07, 6.45) is 1.24. The van der Waals surface area contributed by atoms with Gasteiger partial charge in [0.1, 0.15) is 0 Å². The predicted molar refractivity (Wildman–Crippen MR) is 57.6 cm³/mol. The fourth-order valence-electron chi connectivity index (χ4n) is 1.76. The summed E-state index contributed by atoms with van der Waals surface area (Å²) >= 11 is 0. The maximum atomic E-state index is 5.61. The van der Waals surface area contributed by atoms with E-state index in [2.05, 4.69) is 25.7 Å². The minimum Gasteiger partial charge on any atom is -0.330 e. The van der Waals surface area contributed by atoms with Crippen LogP contribution < -0.4 is 5.73 Å². The molecular formula is C11H22N2. The zero-order valence-corrected chi connectivity index (χ0v) is 9.14. The van der Waals surface area contributed by atoms with Gasteiger partial charge >= 0.3 is 0 Å². The van der Waals surface area contributed by atoms with Gasteiger partial charge in [-0.25, -0.2) is 0 Å². The van der Waals surface area contributed by atoms with Gasteiger partial charge < -0.3 is 5.73 Å². The van der Waals surface area contributed by atoms with Crippen LogP contribution in [0.4, 0.5) is 0 Å². The standard InChI is InChI=1S/C11H22N2/c1-9(6-12)7-13-5-4-10(2)11(3)8-13/h9H,4-8,12H2,1-3H3. The summed E-state index contributed by atoms with van der Waals surface area (Å²) < 4.78 is 0. The molecule has 13 heavy (non-hydrogen) atoms. The minimum atomic E-state index is 0.631. The monoisotopic (exact) mass is 182 g/mol. The Hall–Kier alpha value is -0.340. The van der Waals surface area contributed by atoms with Crippen molar-refractivity contribution in [3.63, 3.8) is 0 Å². The molecule has 0 spiro atoms. The molecule has 0 aliphatic carbocycles. The average molecular weight is 182 g/mol. The highest BCUT2D eigenvalue weighted by molar-refractivity contribution is 5.14. The average Bonchev–Trinajstić information content (AvgIpc) is 2.11. The molecule has 0 radical (unpaired) electrons. The Bertz CT molecular complexity index is 196. The normalized spacial score (nSPS) is 22.2. The van der Waals surface area contributed by atoms with Gasteiger partial charge in [0.25, 0.3) is 0 Å². The second kappa shape index (κ2) is 4.77. The highest BCUT2D eigenvalue weighted by atomic mass is 15.1. The Kier molecular flexibility index (Phi) is 3.94. The van der Waals surface area contributed by atoms with Crippen LogP contribution in [-0.2, 0) is 0 Å². The van der Waals surface area contributed by atoms with Crippen LogP contribution >= 0.6 is 0 Å². The largest absolute Gasteiger partial charge is 0.330 e. The van der Waals surface area contributed by atoms with E-state index in [0.717, 1.165) is 19.6 Å². The summed E-state index contributed by atoms with van der Waals surface area (Å²) in [6, 6.07) is 0. The van der Waals surface area contributed by atoms with Crippen LogP contribution in [0.25, 0.3) is 0 Å². The number of hydrogen-bond donors (Lipinski definition) is 1. The van der Waals surface area contributed by atoms with Crippen LogP contribution in [0.15, 0.2) is 11.1 Å². The van der Waals surface area contributed by atoms with Crippen molar-refractivity contribution in [2.24, 2.45) is 11.7 Å². The number of nitrogens with zero attached hydrogens (tertiary/aromatic N) is 1. The topological polar surface area (TPSA) is 29.3 Å². The lowest BCUT2D eigenvalue weighted by Gasteiger charge is -2.30. The van der Waals surface area contributed by atoms with Crippen molar-refractivity contribution in [1.82, 2.24) is 4.90 Å². The van der Waals surface area contributed by atoms with E-state index in [4.69, 9.17) is 5.73 Å². The van der Waals surface area contributed by atoms with Gasteiger partial charge in [0.05, 0.1) is 0 Å². The van der Waals surface area contributed by atoms with Crippen LogP contribution in [-0.4, -0.2) is 31.1 Å². The summed E-state index contributed by atoms with van der Waals surface area (Å²) in [4.78, 5) is 2.51. The number of nitrogens with two attached hydrogens (primary N) is 1. The lowest BCUT2D eigenvalue weighted by Crippen LogP contribution is -2.36. The Morgan fingerprint density at radius 1 is 1.38 bits per heavy atom. The van der Waals surface area contributed by atoms with E-state index in [9.17, 15) is 0 Å². The molecule has 1 heterocycles. The number of rotatable bonds is 3. The Balaban J connectivity index is 2.40. The van der Waals surface area contributed by atoms with Crippen LogP contribution in [0.3, 0.4) is 0 Å². The van der Waals surface area contributed by atoms with Gasteiger partial charge in [0.2, 0.25) is 0 Å². The van der Waals surface area contributed by atoms with Crippen LogP contribution in [0, 0.1) is 5.92 Å². The van der Waals surface area contributed by atoms with Crippen molar-refractivity contribution in [3.05, 3.63) is 11.1 Å². The third-order valence-corrected chi connectivity index (χ3v) is 2.96. The third kappa shape index (κ3) is 3.12. The van der Waals surface area contributed by atoms with Crippen molar-refractivity contribution < 1.29 is 0 Å². The SMILES string of the molecule is CC1=C(C)CN(CC(C)CN)CC1. The predicted octanol–water partition coefficient (Wildman–Crippen LogP) is 1.62. The molecule has 0 aromatic rings. The maximum Gasteiger partial charge on any atom is 0.0192 e. The summed E-state index contributed by atoms with van der Waals surface area (Å²) in [5.41, 5.74) is 8.74.